The highest BCUT2D eigenvalue weighted by Gasteiger charge is 2.32. The van der Waals surface area contributed by atoms with Gasteiger partial charge in [0.1, 0.15) is 10.7 Å². The lowest BCUT2D eigenvalue weighted by atomic mass is 10.0. The minimum Gasteiger partial charge on any atom is -0.299 e. The van der Waals surface area contributed by atoms with Crippen molar-refractivity contribution in [1.29, 1.82) is 0 Å². The second kappa shape index (κ2) is 9.83. The zero-order chi connectivity index (χ0) is 23.4. The fourth-order valence-corrected chi connectivity index (χ4v) is 4.98. The first-order valence-electron chi connectivity index (χ1n) is 9.44. The van der Waals surface area contributed by atoms with Gasteiger partial charge in [-0.2, -0.15) is 13.2 Å². The maximum atomic E-state index is 13.0. The van der Waals surface area contributed by atoms with E-state index >= 15 is 0 Å². The van der Waals surface area contributed by atoms with Crippen LogP contribution in [-0.4, -0.2) is 19.2 Å². The van der Waals surface area contributed by atoms with Gasteiger partial charge in [0, 0.05) is 35.4 Å². The zero-order valence-corrected chi connectivity index (χ0v) is 19.0. The number of aryl methyl sites for hydroxylation is 1. The molecule has 0 saturated heterocycles. The van der Waals surface area contributed by atoms with E-state index in [0.717, 1.165) is 17.7 Å². The second-order valence-corrected chi connectivity index (χ2v) is 9.53. The Balaban J connectivity index is 1.65. The van der Waals surface area contributed by atoms with Gasteiger partial charge in [-0.25, -0.2) is 8.42 Å². The summed E-state index contributed by atoms with van der Waals surface area (Å²) < 4.78 is 66.4. The molecule has 0 saturated carbocycles. The van der Waals surface area contributed by atoms with Crippen molar-refractivity contribution in [2.75, 3.05) is 4.72 Å². The molecule has 32 heavy (non-hydrogen) atoms. The number of sulfonamides is 1. The second-order valence-electron chi connectivity index (χ2n) is 7.02. The van der Waals surface area contributed by atoms with Gasteiger partial charge in [0.2, 0.25) is 0 Å². The standard InChI is InChI=1S/C22H18BrF3N2O3S/c23-20-10-6-17(22(24,25)26)13-21(20)32(30,31)28-18-7-3-15(4-8-18)12-19(29)9-5-16-2-1-11-27-14-16/h1-4,6-8,10-11,13-14,28H,5,9,12H2. The maximum absolute atomic E-state index is 13.0. The number of benzene rings is 2. The highest BCUT2D eigenvalue weighted by Crippen LogP contribution is 2.34. The Morgan fingerprint density at radius 3 is 2.38 bits per heavy atom. The summed E-state index contributed by atoms with van der Waals surface area (Å²) in [6.45, 7) is 0. The average Bonchev–Trinajstić information content (AvgIpc) is 2.73. The number of alkyl halides is 3. The van der Waals surface area contributed by atoms with Crippen LogP contribution in [0.15, 0.2) is 76.4 Å². The van der Waals surface area contributed by atoms with Crippen molar-refractivity contribution in [3.05, 3.63) is 88.2 Å². The lowest BCUT2D eigenvalue weighted by Gasteiger charge is -2.13. The molecular formula is C22H18BrF3N2O3S. The molecule has 0 radical (unpaired) electrons. The molecule has 0 unspecified atom stereocenters. The number of halogens is 4. The number of hydrogen-bond acceptors (Lipinski definition) is 4. The van der Waals surface area contributed by atoms with Gasteiger partial charge in [-0.1, -0.05) is 18.2 Å². The molecule has 1 heterocycles. The summed E-state index contributed by atoms with van der Waals surface area (Å²) in [5.74, 6) is 0.0232. The quantitative estimate of drug-likeness (QED) is 0.425. The minimum absolute atomic E-state index is 0.00818. The Morgan fingerprint density at radius 2 is 1.75 bits per heavy atom. The van der Waals surface area contributed by atoms with Gasteiger partial charge in [-0.05, 0) is 69.9 Å². The molecule has 10 heteroatoms. The van der Waals surface area contributed by atoms with Crippen LogP contribution in [0.4, 0.5) is 18.9 Å². The molecule has 3 rings (SSSR count). The number of nitrogens with one attached hydrogen (secondary N) is 1. The molecule has 0 fully saturated rings. The number of carbonyl (C=O) groups excluding carboxylic acids is 1. The van der Waals surface area contributed by atoms with E-state index in [1.807, 2.05) is 6.07 Å². The summed E-state index contributed by atoms with van der Waals surface area (Å²) in [5.41, 5.74) is 0.762. The molecule has 2 aromatic carbocycles. The molecule has 0 aliphatic heterocycles. The number of hydrogen-bond donors (Lipinski definition) is 1. The van der Waals surface area contributed by atoms with Gasteiger partial charge in [-0.3, -0.25) is 14.5 Å². The predicted molar refractivity (Wildman–Crippen MR) is 118 cm³/mol. The number of Topliss-reactive ketones (excluding diaryl/α,β-unsaturated/α-hetero) is 1. The summed E-state index contributed by atoms with van der Waals surface area (Å²) in [7, 11) is -4.27. The Hall–Kier alpha value is -2.72. The normalized spacial score (nSPS) is 11.9. The lowest BCUT2D eigenvalue weighted by molar-refractivity contribution is -0.137. The van der Waals surface area contributed by atoms with Gasteiger partial charge in [0.05, 0.1) is 5.56 Å². The Labute approximate surface area is 191 Å². The highest BCUT2D eigenvalue weighted by atomic mass is 79.9. The molecular weight excluding hydrogens is 509 g/mol. The van der Waals surface area contributed by atoms with Crippen LogP contribution in [0.3, 0.4) is 0 Å². The maximum Gasteiger partial charge on any atom is 0.416 e. The van der Waals surface area contributed by atoms with Crippen molar-refractivity contribution in [3.8, 4) is 0 Å². The van der Waals surface area contributed by atoms with Crippen LogP contribution in [0, 0.1) is 0 Å². The van der Waals surface area contributed by atoms with E-state index in [-0.39, 0.29) is 22.4 Å². The van der Waals surface area contributed by atoms with Gasteiger partial charge in [0.15, 0.2) is 0 Å². The van der Waals surface area contributed by atoms with E-state index in [2.05, 4.69) is 25.6 Å². The fourth-order valence-electron chi connectivity index (χ4n) is 2.93. The van der Waals surface area contributed by atoms with Crippen LogP contribution >= 0.6 is 15.9 Å². The smallest absolute Gasteiger partial charge is 0.299 e. The molecule has 0 spiro atoms. The number of anilines is 1. The van der Waals surface area contributed by atoms with Gasteiger partial charge < -0.3 is 0 Å². The number of pyridine rings is 1. The van der Waals surface area contributed by atoms with Crippen molar-refractivity contribution < 1.29 is 26.4 Å². The summed E-state index contributed by atoms with van der Waals surface area (Å²) in [5, 5.41) is 0. The van der Waals surface area contributed by atoms with Crippen LogP contribution in [0.25, 0.3) is 0 Å². The third kappa shape index (κ3) is 6.39. The Kier molecular flexibility index (Phi) is 7.35. The largest absolute Gasteiger partial charge is 0.416 e. The van der Waals surface area contributed by atoms with Gasteiger partial charge in [-0.15, -0.1) is 0 Å². The molecule has 5 nitrogen and oxygen atoms in total. The SMILES string of the molecule is O=C(CCc1cccnc1)Cc1ccc(NS(=O)(=O)c2cc(C(F)(F)F)ccc2Br)cc1. The summed E-state index contributed by atoms with van der Waals surface area (Å²) >= 11 is 2.99. The van der Waals surface area contributed by atoms with E-state index < -0.39 is 26.7 Å². The van der Waals surface area contributed by atoms with E-state index in [9.17, 15) is 26.4 Å². The monoisotopic (exact) mass is 526 g/mol. The predicted octanol–water partition coefficient (Wildman–Crippen LogP) is 5.41. The van der Waals surface area contributed by atoms with Crippen molar-refractivity contribution in [3.63, 3.8) is 0 Å². The Bertz CT molecular complexity index is 1200. The molecule has 1 aromatic heterocycles. The zero-order valence-electron chi connectivity index (χ0n) is 16.6. The number of rotatable bonds is 8. The van der Waals surface area contributed by atoms with Gasteiger partial charge >= 0.3 is 6.18 Å². The number of nitrogens with zero attached hydrogens (tertiary/aromatic N) is 1. The average molecular weight is 527 g/mol. The fraction of sp³-hybridized carbons (Fsp3) is 0.182. The number of ketones is 1. The molecule has 1 N–H and O–H groups in total. The molecule has 0 aliphatic carbocycles. The molecule has 168 valence electrons. The third-order valence-corrected chi connectivity index (χ3v) is 6.95. The van der Waals surface area contributed by atoms with Crippen molar-refractivity contribution in [2.45, 2.75) is 30.3 Å². The van der Waals surface area contributed by atoms with E-state index in [1.54, 1.807) is 30.6 Å². The molecule has 0 bridgehead atoms. The third-order valence-electron chi connectivity index (χ3n) is 4.57. The summed E-state index contributed by atoms with van der Waals surface area (Å²) in [6, 6.07) is 12.2. The molecule has 0 aliphatic rings. The van der Waals surface area contributed by atoms with E-state index in [4.69, 9.17) is 0 Å². The number of carbonyl (C=O) groups is 1. The van der Waals surface area contributed by atoms with E-state index in [0.29, 0.717) is 24.5 Å². The number of aromatic nitrogens is 1. The van der Waals surface area contributed by atoms with Crippen LogP contribution in [0.5, 0.6) is 0 Å². The lowest BCUT2D eigenvalue weighted by Crippen LogP contribution is -2.15. The topological polar surface area (TPSA) is 76.1 Å². The van der Waals surface area contributed by atoms with Crippen LogP contribution in [0.2, 0.25) is 0 Å². The summed E-state index contributed by atoms with van der Waals surface area (Å²) in [6.07, 6.45) is -0.188. The first kappa shape index (κ1) is 23.9. The van der Waals surface area contributed by atoms with Crippen molar-refractivity contribution in [1.82, 2.24) is 4.98 Å². The van der Waals surface area contributed by atoms with Crippen LogP contribution in [-0.2, 0) is 33.8 Å². The molecule has 0 amide bonds. The van der Waals surface area contributed by atoms with Crippen molar-refractivity contribution >= 4 is 37.4 Å². The molecule has 3 aromatic rings. The first-order chi connectivity index (χ1) is 15.0. The Morgan fingerprint density at radius 1 is 1.03 bits per heavy atom. The molecule has 0 atom stereocenters. The van der Waals surface area contributed by atoms with E-state index in [1.165, 1.54) is 12.1 Å². The highest BCUT2D eigenvalue weighted by molar-refractivity contribution is 9.10. The van der Waals surface area contributed by atoms with Crippen molar-refractivity contribution in [2.24, 2.45) is 0 Å². The summed E-state index contributed by atoms with van der Waals surface area (Å²) in [4.78, 5) is 15.7. The minimum atomic E-state index is -4.67. The van der Waals surface area contributed by atoms with Crippen LogP contribution < -0.4 is 4.72 Å². The first-order valence-corrected chi connectivity index (χ1v) is 11.7. The van der Waals surface area contributed by atoms with Crippen LogP contribution in [0.1, 0.15) is 23.1 Å². The van der Waals surface area contributed by atoms with Gasteiger partial charge in [0.25, 0.3) is 10.0 Å².